The van der Waals surface area contributed by atoms with Gasteiger partial charge in [-0.3, -0.25) is 0 Å². The molecule has 6 nitrogen and oxygen atoms in total. The zero-order chi connectivity index (χ0) is 16.7. The van der Waals surface area contributed by atoms with Crippen molar-refractivity contribution >= 4 is 28.1 Å². The molecule has 0 aromatic heterocycles. The number of carbonyl (C=O) groups excluding carboxylic acids is 1. The number of nitrogens with two attached hydrogens (primary N) is 1. The molecule has 22 heavy (non-hydrogen) atoms. The molecule has 0 radical (unpaired) electrons. The van der Waals surface area contributed by atoms with E-state index in [-0.39, 0.29) is 6.09 Å². The maximum Gasteiger partial charge on any atom is 0.409 e. The van der Waals surface area contributed by atoms with E-state index in [0.29, 0.717) is 11.8 Å². The van der Waals surface area contributed by atoms with Gasteiger partial charge in [-0.15, -0.1) is 0 Å². The fourth-order valence-corrected chi connectivity index (χ4v) is 2.91. The van der Waals surface area contributed by atoms with E-state index >= 15 is 0 Å². The summed E-state index contributed by atoms with van der Waals surface area (Å²) in [4.78, 5) is 22.1. The van der Waals surface area contributed by atoms with E-state index in [2.05, 4.69) is 52.9 Å². The first-order valence-corrected chi connectivity index (χ1v) is 7.71. The van der Waals surface area contributed by atoms with Gasteiger partial charge in [0.05, 0.1) is 7.11 Å². The molecule has 2 rings (SSSR count). The lowest BCUT2D eigenvalue weighted by Crippen LogP contribution is -2.42. The summed E-state index contributed by atoms with van der Waals surface area (Å²) < 4.78 is 5.88. The first-order valence-electron chi connectivity index (χ1n) is 6.92. The number of primary amides is 1. The minimum absolute atomic E-state index is 0.212. The highest BCUT2D eigenvalue weighted by atomic mass is 79.9. The van der Waals surface area contributed by atoms with Crippen molar-refractivity contribution < 1.29 is 19.4 Å². The molecule has 1 aliphatic heterocycles. The summed E-state index contributed by atoms with van der Waals surface area (Å²) in [6, 6.07) is 8.49. The lowest BCUT2D eigenvalue weighted by molar-refractivity contribution is 0.0987. The Labute approximate surface area is 138 Å². The van der Waals surface area contributed by atoms with Crippen LogP contribution in [0.5, 0.6) is 0 Å². The number of amides is 2. The van der Waals surface area contributed by atoms with Crippen LogP contribution in [0.15, 0.2) is 28.7 Å². The van der Waals surface area contributed by atoms with Gasteiger partial charge in [0.2, 0.25) is 0 Å². The topological polar surface area (TPSA) is 92.9 Å². The highest BCUT2D eigenvalue weighted by Crippen LogP contribution is 2.33. The zero-order valence-corrected chi connectivity index (χ0v) is 14.2. The first-order chi connectivity index (χ1) is 10.3. The molecule has 0 aliphatic carbocycles. The van der Waals surface area contributed by atoms with Crippen LogP contribution in [0, 0.1) is 5.92 Å². The second kappa shape index (κ2) is 8.63. The van der Waals surface area contributed by atoms with Gasteiger partial charge in [0.15, 0.2) is 0 Å². The summed E-state index contributed by atoms with van der Waals surface area (Å²) >= 11 is 3.45. The lowest BCUT2D eigenvalue weighted by atomic mass is 9.82. The molecule has 1 heterocycles. The summed E-state index contributed by atoms with van der Waals surface area (Å²) in [5.41, 5.74) is 5.38. The van der Waals surface area contributed by atoms with Gasteiger partial charge in [-0.25, -0.2) is 9.59 Å². The Bertz CT molecular complexity index is 503. The van der Waals surface area contributed by atoms with Crippen LogP contribution in [0.2, 0.25) is 0 Å². The average molecular weight is 373 g/mol. The second-order valence-corrected chi connectivity index (χ2v) is 6.09. The Kier molecular flexibility index (Phi) is 7.17. The standard InChI is InChI=1S/C14H18BrNO2.CH3NO2/c1-10-9-16(14(17)18-2)8-7-13(10)11-3-5-12(15)6-4-11;2-1(3)4/h3-6,10,13H,7-9H2,1-2H3;2H2,(H,3,4). The third-order valence-corrected chi connectivity index (χ3v) is 4.16. The molecule has 3 N–H and O–H groups in total. The number of nitrogens with zero attached hydrogens (tertiary/aromatic N) is 1. The van der Waals surface area contributed by atoms with Crippen LogP contribution in [-0.4, -0.2) is 42.4 Å². The molecule has 1 fully saturated rings. The van der Waals surface area contributed by atoms with Crippen molar-refractivity contribution in [3.63, 3.8) is 0 Å². The quantitative estimate of drug-likeness (QED) is 0.790. The fraction of sp³-hybridized carbons (Fsp3) is 0.467. The lowest BCUT2D eigenvalue weighted by Gasteiger charge is -2.36. The maximum absolute atomic E-state index is 11.5. The van der Waals surface area contributed by atoms with Gasteiger partial charge in [-0.1, -0.05) is 35.0 Å². The second-order valence-electron chi connectivity index (χ2n) is 5.18. The van der Waals surface area contributed by atoms with Gasteiger partial charge in [0, 0.05) is 17.6 Å². The van der Waals surface area contributed by atoms with E-state index in [9.17, 15) is 4.79 Å². The minimum Gasteiger partial charge on any atom is -0.465 e. The number of piperidine rings is 1. The Morgan fingerprint density at radius 2 is 1.91 bits per heavy atom. The number of rotatable bonds is 1. The van der Waals surface area contributed by atoms with Crippen molar-refractivity contribution in [1.82, 2.24) is 4.90 Å². The molecule has 0 bridgehead atoms. The molecule has 7 heteroatoms. The van der Waals surface area contributed by atoms with E-state index in [1.165, 1.54) is 12.7 Å². The van der Waals surface area contributed by atoms with E-state index in [0.717, 1.165) is 24.0 Å². The van der Waals surface area contributed by atoms with Crippen molar-refractivity contribution in [2.45, 2.75) is 19.3 Å². The number of hydrogen-bond donors (Lipinski definition) is 2. The molecule has 1 aromatic carbocycles. The number of carbonyl (C=O) groups is 2. The summed E-state index contributed by atoms with van der Waals surface area (Å²) in [5.74, 6) is 0.984. The van der Waals surface area contributed by atoms with E-state index in [1.54, 1.807) is 4.90 Å². The smallest absolute Gasteiger partial charge is 0.409 e. The van der Waals surface area contributed by atoms with E-state index < -0.39 is 6.09 Å². The van der Waals surface area contributed by atoms with Gasteiger partial charge in [0.1, 0.15) is 0 Å². The van der Waals surface area contributed by atoms with E-state index in [1.807, 2.05) is 0 Å². The van der Waals surface area contributed by atoms with Gasteiger partial charge >= 0.3 is 12.2 Å². The molecule has 0 spiro atoms. The Morgan fingerprint density at radius 3 is 2.36 bits per heavy atom. The molecule has 122 valence electrons. The number of benzene rings is 1. The fourth-order valence-electron chi connectivity index (χ4n) is 2.65. The molecule has 1 aromatic rings. The van der Waals surface area contributed by atoms with Crippen LogP contribution >= 0.6 is 15.9 Å². The number of carboxylic acid groups (broad SMARTS) is 1. The molecule has 2 amide bonds. The highest BCUT2D eigenvalue weighted by molar-refractivity contribution is 9.10. The van der Waals surface area contributed by atoms with E-state index in [4.69, 9.17) is 14.6 Å². The normalized spacial score (nSPS) is 20.6. The zero-order valence-electron chi connectivity index (χ0n) is 12.7. The SMILES string of the molecule is COC(=O)N1CCC(c2ccc(Br)cc2)C(C)C1.NC(=O)O. The predicted octanol–water partition coefficient (Wildman–Crippen LogP) is 3.26. The Balaban J connectivity index is 0.000000541. The van der Waals surface area contributed by atoms with Crippen LogP contribution < -0.4 is 5.73 Å². The van der Waals surface area contributed by atoms with Gasteiger partial charge in [-0.2, -0.15) is 0 Å². The van der Waals surface area contributed by atoms with Crippen molar-refractivity contribution in [2.24, 2.45) is 11.7 Å². The predicted molar refractivity (Wildman–Crippen MR) is 86.9 cm³/mol. The van der Waals surface area contributed by atoms with Crippen molar-refractivity contribution in [3.05, 3.63) is 34.3 Å². The monoisotopic (exact) mass is 372 g/mol. The Morgan fingerprint density at radius 1 is 1.36 bits per heavy atom. The molecule has 2 unspecified atom stereocenters. The largest absolute Gasteiger partial charge is 0.465 e. The van der Waals surface area contributed by atoms with Crippen LogP contribution in [0.3, 0.4) is 0 Å². The van der Waals surface area contributed by atoms with Crippen molar-refractivity contribution in [3.8, 4) is 0 Å². The van der Waals surface area contributed by atoms with Crippen LogP contribution in [-0.2, 0) is 4.74 Å². The molecule has 0 saturated carbocycles. The number of likely N-dealkylation sites (tertiary alicyclic amines) is 1. The maximum atomic E-state index is 11.5. The molecule has 1 aliphatic rings. The number of methoxy groups -OCH3 is 1. The van der Waals surface area contributed by atoms with Gasteiger partial charge in [0.25, 0.3) is 0 Å². The molecular formula is C15H21BrN2O4. The summed E-state index contributed by atoms with van der Waals surface area (Å²) in [7, 11) is 1.44. The molecular weight excluding hydrogens is 352 g/mol. The van der Waals surface area contributed by atoms with Crippen LogP contribution in [0.1, 0.15) is 24.8 Å². The van der Waals surface area contributed by atoms with Gasteiger partial charge < -0.3 is 20.5 Å². The summed E-state index contributed by atoms with van der Waals surface area (Å²) in [6.07, 6.45) is -0.547. The number of halogens is 1. The number of ether oxygens (including phenoxy) is 1. The van der Waals surface area contributed by atoms with Crippen LogP contribution in [0.25, 0.3) is 0 Å². The third-order valence-electron chi connectivity index (χ3n) is 3.64. The number of hydrogen-bond acceptors (Lipinski definition) is 3. The van der Waals surface area contributed by atoms with Crippen LogP contribution in [0.4, 0.5) is 9.59 Å². The average Bonchev–Trinajstić information content (AvgIpc) is 2.47. The Hall–Kier alpha value is -1.76. The molecule has 1 saturated heterocycles. The minimum atomic E-state index is -1.33. The molecule has 2 atom stereocenters. The summed E-state index contributed by atoms with van der Waals surface area (Å²) in [5, 5.41) is 7.19. The summed E-state index contributed by atoms with van der Waals surface area (Å²) in [6.45, 7) is 3.74. The van der Waals surface area contributed by atoms with Gasteiger partial charge in [-0.05, 0) is 36.0 Å². The van der Waals surface area contributed by atoms with Crippen molar-refractivity contribution in [1.29, 1.82) is 0 Å². The van der Waals surface area contributed by atoms with Crippen molar-refractivity contribution in [2.75, 3.05) is 20.2 Å². The first kappa shape index (κ1) is 18.3. The third kappa shape index (κ3) is 5.55. The highest BCUT2D eigenvalue weighted by Gasteiger charge is 2.29.